The van der Waals surface area contributed by atoms with E-state index in [2.05, 4.69) is 29.4 Å². The smallest absolute Gasteiger partial charge is 0.273 e. The number of hydrogen-bond acceptors (Lipinski definition) is 4. The number of hydrogen-bond donors (Lipinski definition) is 3. The highest BCUT2D eigenvalue weighted by molar-refractivity contribution is 7.89. The fourth-order valence-corrected chi connectivity index (χ4v) is 3.40. The second-order valence-electron chi connectivity index (χ2n) is 5.12. The monoisotopic (exact) mass is 316 g/mol. The van der Waals surface area contributed by atoms with Gasteiger partial charge in [0.15, 0.2) is 5.69 Å². The molecule has 7 nitrogen and oxygen atoms in total. The third-order valence-electron chi connectivity index (χ3n) is 3.76. The molecule has 0 aliphatic heterocycles. The summed E-state index contributed by atoms with van der Waals surface area (Å²) in [6, 6.07) is -0.0670. The molecule has 0 aliphatic carbocycles. The van der Waals surface area contributed by atoms with Crippen LogP contribution in [0, 0.1) is 5.92 Å². The van der Waals surface area contributed by atoms with Gasteiger partial charge in [0.2, 0.25) is 10.0 Å². The molecule has 0 aliphatic rings. The quantitative estimate of drug-likeness (QED) is 0.699. The van der Waals surface area contributed by atoms with E-state index < -0.39 is 15.9 Å². The standard InChI is InChI=1S/C13H24N4O3S/c1-5-9(6-2)8(4)15-13(18)11-12(21(14,19)20)10(7-3)16-17-11/h8-9H,5-7H2,1-4H3,(H,15,18)(H,16,17)(H2,14,19,20). The van der Waals surface area contributed by atoms with Crippen LogP contribution in [-0.4, -0.2) is 30.6 Å². The SMILES string of the molecule is CCc1[nH]nc(C(=O)NC(C)C(CC)CC)c1S(N)(=O)=O. The van der Waals surface area contributed by atoms with Gasteiger partial charge in [0.1, 0.15) is 4.90 Å². The van der Waals surface area contributed by atoms with E-state index in [4.69, 9.17) is 5.14 Å². The Morgan fingerprint density at radius 1 is 1.33 bits per heavy atom. The number of aryl methyl sites for hydroxylation is 1. The maximum atomic E-state index is 12.3. The fourth-order valence-electron chi connectivity index (χ4n) is 2.46. The fraction of sp³-hybridized carbons (Fsp3) is 0.692. The second kappa shape index (κ2) is 7.04. The number of aromatic amines is 1. The average molecular weight is 316 g/mol. The summed E-state index contributed by atoms with van der Waals surface area (Å²) in [6.07, 6.45) is 2.26. The van der Waals surface area contributed by atoms with Gasteiger partial charge in [-0.3, -0.25) is 9.89 Å². The van der Waals surface area contributed by atoms with Crippen molar-refractivity contribution in [3.8, 4) is 0 Å². The van der Waals surface area contributed by atoms with E-state index in [1.165, 1.54) is 0 Å². The topological polar surface area (TPSA) is 118 Å². The maximum Gasteiger partial charge on any atom is 0.273 e. The summed E-state index contributed by atoms with van der Waals surface area (Å²) in [7, 11) is -4.00. The normalized spacial score (nSPS) is 13.4. The summed E-state index contributed by atoms with van der Waals surface area (Å²) in [5.41, 5.74) is 0.185. The number of nitrogens with one attached hydrogen (secondary N) is 2. The zero-order chi connectivity index (χ0) is 16.2. The molecule has 1 aromatic rings. The highest BCUT2D eigenvalue weighted by Crippen LogP contribution is 2.18. The number of carbonyl (C=O) groups excluding carboxylic acids is 1. The number of primary sulfonamides is 1. The largest absolute Gasteiger partial charge is 0.348 e. The van der Waals surface area contributed by atoms with Crippen LogP contribution in [0.1, 0.15) is 56.7 Å². The van der Waals surface area contributed by atoms with Gasteiger partial charge < -0.3 is 5.32 Å². The highest BCUT2D eigenvalue weighted by atomic mass is 32.2. The van der Waals surface area contributed by atoms with E-state index in [1.807, 2.05) is 6.92 Å². The van der Waals surface area contributed by atoms with Crippen LogP contribution in [0.25, 0.3) is 0 Å². The van der Waals surface area contributed by atoms with E-state index in [0.29, 0.717) is 18.0 Å². The maximum absolute atomic E-state index is 12.3. The minimum absolute atomic E-state index is 0.0670. The molecule has 0 saturated carbocycles. The Hall–Kier alpha value is -1.41. The first-order chi connectivity index (χ1) is 9.76. The minimum Gasteiger partial charge on any atom is -0.348 e. The Kier molecular flexibility index (Phi) is 5.91. The number of aromatic nitrogens is 2. The Morgan fingerprint density at radius 3 is 2.33 bits per heavy atom. The number of amides is 1. The number of nitrogens with two attached hydrogens (primary N) is 1. The zero-order valence-electron chi connectivity index (χ0n) is 12.9. The van der Waals surface area contributed by atoms with E-state index in [0.717, 1.165) is 12.8 Å². The molecule has 0 fully saturated rings. The molecule has 1 unspecified atom stereocenters. The molecule has 0 bridgehead atoms. The molecule has 1 aromatic heterocycles. The van der Waals surface area contributed by atoms with Crippen LogP contribution in [0.2, 0.25) is 0 Å². The molecule has 0 aromatic carbocycles. The molecule has 4 N–H and O–H groups in total. The van der Waals surface area contributed by atoms with E-state index in [1.54, 1.807) is 6.92 Å². The first kappa shape index (κ1) is 17.6. The predicted octanol–water partition coefficient (Wildman–Crippen LogP) is 1.17. The average Bonchev–Trinajstić information content (AvgIpc) is 2.83. The van der Waals surface area contributed by atoms with Crippen LogP contribution < -0.4 is 10.5 Å². The first-order valence-corrected chi connectivity index (χ1v) is 8.71. The van der Waals surface area contributed by atoms with E-state index in [-0.39, 0.29) is 16.6 Å². The van der Waals surface area contributed by atoms with E-state index >= 15 is 0 Å². The number of nitrogens with zero attached hydrogens (tertiary/aromatic N) is 1. The van der Waals surface area contributed by atoms with Crippen molar-refractivity contribution in [2.24, 2.45) is 11.1 Å². The number of H-pyrrole nitrogens is 1. The highest BCUT2D eigenvalue weighted by Gasteiger charge is 2.28. The molecule has 0 radical (unpaired) electrons. The third kappa shape index (κ3) is 4.04. The lowest BCUT2D eigenvalue weighted by Gasteiger charge is -2.22. The number of rotatable bonds is 7. The Labute approximate surface area is 125 Å². The third-order valence-corrected chi connectivity index (χ3v) is 4.77. The van der Waals surface area contributed by atoms with Gasteiger partial charge in [-0.15, -0.1) is 0 Å². The van der Waals surface area contributed by atoms with Gasteiger partial charge in [0.25, 0.3) is 5.91 Å². The number of carbonyl (C=O) groups is 1. The van der Waals surface area contributed by atoms with Gasteiger partial charge in [-0.1, -0.05) is 33.6 Å². The van der Waals surface area contributed by atoms with Crippen LogP contribution in [0.5, 0.6) is 0 Å². The van der Waals surface area contributed by atoms with Crippen molar-refractivity contribution >= 4 is 15.9 Å². The summed E-state index contributed by atoms with van der Waals surface area (Å²) in [4.78, 5) is 12.1. The Bertz CT molecular complexity index is 591. The lowest BCUT2D eigenvalue weighted by molar-refractivity contribution is 0.0916. The van der Waals surface area contributed by atoms with Crippen molar-refractivity contribution in [1.82, 2.24) is 15.5 Å². The summed E-state index contributed by atoms with van der Waals surface area (Å²) < 4.78 is 23.3. The van der Waals surface area contributed by atoms with Crippen molar-refractivity contribution in [1.29, 1.82) is 0 Å². The number of sulfonamides is 1. The van der Waals surface area contributed by atoms with Crippen molar-refractivity contribution < 1.29 is 13.2 Å². The van der Waals surface area contributed by atoms with Crippen molar-refractivity contribution in [2.45, 2.75) is 57.9 Å². The molecule has 0 saturated heterocycles. The van der Waals surface area contributed by atoms with Gasteiger partial charge in [-0.25, -0.2) is 13.6 Å². The second-order valence-corrected chi connectivity index (χ2v) is 6.62. The van der Waals surface area contributed by atoms with Gasteiger partial charge in [-0.2, -0.15) is 5.10 Å². The minimum atomic E-state index is -4.00. The summed E-state index contributed by atoms with van der Waals surface area (Å²) >= 11 is 0. The molecule has 1 rings (SSSR count). The molecule has 1 atom stereocenters. The molecule has 8 heteroatoms. The van der Waals surface area contributed by atoms with Crippen LogP contribution in [-0.2, 0) is 16.4 Å². The lowest BCUT2D eigenvalue weighted by atomic mass is 9.95. The van der Waals surface area contributed by atoms with Crippen LogP contribution in [0.3, 0.4) is 0 Å². The van der Waals surface area contributed by atoms with Gasteiger partial charge >= 0.3 is 0 Å². The summed E-state index contributed by atoms with van der Waals surface area (Å²) in [6.45, 7) is 7.77. The molecule has 1 amide bonds. The first-order valence-electron chi connectivity index (χ1n) is 7.17. The van der Waals surface area contributed by atoms with Crippen molar-refractivity contribution in [2.75, 3.05) is 0 Å². The summed E-state index contributed by atoms with van der Waals surface area (Å²) in [5.74, 6) is -0.189. The summed E-state index contributed by atoms with van der Waals surface area (Å²) in [5, 5.41) is 14.4. The van der Waals surface area contributed by atoms with Crippen LogP contribution >= 0.6 is 0 Å². The molecule has 0 spiro atoms. The Morgan fingerprint density at radius 2 is 1.90 bits per heavy atom. The van der Waals surface area contributed by atoms with Crippen molar-refractivity contribution in [3.63, 3.8) is 0 Å². The van der Waals surface area contributed by atoms with Crippen LogP contribution in [0.4, 0.5) is 0 Å². The van der Waals surface area contributed by atoms with Crippen molar-refractivity contribution in [3.05, 3.63) is 11.4 Å². The lowest BCUT2D eigenvalue weighted by Crippen LogP contribution is -2.38. The molecule has 120 valence electrons. The zero-order valence-corrected chi connectivity index (χ0v) is 13.8. The predicted molar refractivity (Wildman–Crippen MR) is 80.3 cm³/mol. The molecule has 21 heavy (non-hydrogen) atoms. The molecule has 1 heterocycles. The molecular formula is C13H24N4O3S. The molecular weight excluding hydrogens is 292 g/mol. The van der Waals surface area contributed by atoms with Crippen LogP contribution in [0.15, 0.2) is 4.90 Å². The van der Waals surface area contributed by atoms with E-state index in [9.17, 15) is 13.2 Å². The van der Waals surface area contributed by atoms with Gasteiger partial charge in [0.05, 0.1) is 5.69 Å². The van der Waals surface area contributed by atoms with Gasteiger partial charge in [0, 0.05) is 6.04 Å². The van der Waals surface area contributed by atoms with Gasteiger partial charge in [-0.05, 0) is 19.3 Å². The Balaban J connectivity index is 3.07.